The number of hydrogen-bond acceptors (Lipinski definition) is 6. The summed E-state index contributed by atoms with van der Waals surface area (Å²) in [6.07, 6.45) is 6.35. The Bertz CT molecular complexity index is 975. The van der Waals surface area contributed by atoms with Crippen LogP contribution in [-0.2, 0) is 10.5 Å². The minimum absolute atomic E-state index is 0.0128. The Labute approximate surface area is 181 Å². The number of ether oxygens (including phenoxy) is 1. The Balaban J connectivity index is 1.61. The zero-order valence-electron chi connectivity index (χ0n) is 18.3. The Morgan fingerprint density at radius 2 is 2.10 bits per heavy atom. The quantitative estimate of drug-likeness (QED) is 0.653. The van der Waals surface area contributed by atoms with Crippen LogP contribution < -0.4 is 15.4 Å². The molecule has 31 heavy (non-hydrogen) atoms. The predicted octanol–water partition coefficient (Wildman–Crippen LogP) is 3.55. The van der Waals surface area contributed by atoms with Crippen LogP contribution in [0.2, 0.25) is 0 Å². The predicted molar refractivity (Wildman–Crippen MR) is 113 cm³/mol. The fraction of sp³-hybridized carbons (Fsp3) is 0.571. The fourth-order valence-electron chi connectivity index (χ4n) is 3.51. The Morgan fingerprint density at radius 3 is 2.74 bits per heavy atom. The summed E-state index contributed by atoms with van der Waals surface area (Å²) in [4.78, 5) is 22.9. The molecule has 10 heteroatoms. The number of hydrogen-bond donors (Lipinski definition) is 2. The normalized spacial score (nSPS) is 18.8. The van der Waals surface area contributed by atoms with Crippen molar-refractivity contribution in [3.8, 4) is 5.88 Å². The van der Waals surface area contributed by atoms with Gasteiger partial charge in [0.05, 0.1) is 30.4 Å². The van der Waals surface area contributed by atoms with Crippen LogP contribution in [-0.4, -0.2) is 38.3 Å². The van der Waals surface area contributed by atoms with E-state index >= 15 is 0 Å². The number of nitrogens with zero attached hydrogens (tertiary/aromatic N) is 5. The van der Waals surface area contributed by atoms with Gasteiger partial charge in [-0.15, -0.1) is 0 Å². The largest absolute Gasteiger partial charge is 0.475 e. The lowest BCUT2D eigenvalue weighted by molar-refractivity contribution is -0.119. The lowest BCUT2D eigenvalue weighted by Gasteiger charge is -2.28. The zero-order valence-corrected chi connectivity index (χ0v) is 18.3. The summed E-state index contributed by atoms with van der Waals surface area (Å²) >= 11 is 0. The van der Waals surface area contributed by atoms with E-state index in [0.29, 0.717) is 18.0 Å². The van der Waals surface area contributed by atoms with Gasteiger partial charge in [0.15, 0.2) is 0 Å². The lowest BCUT2D eigenvalue weighted by Crippen LogP contribution is -2.37. The third-order valence-corrected chi connectivity index (χ3v) is 5.40. The van der Waals surface area contributed by atoms with E-state index in [9.17, 15) is 9.18 Å². The van der Waals surface area contributed by atoms with Crippen molar-refractivity contribution in [1.82, 2.24) is 25.1 Å². The first-order chi connectivity index (χ1) is 14.7. The number of nitrogens with one attached hydrogen (secondary N) is 2. The Hall–Kier alpha value is -3.22. The maximum absolute atomic E-state index is 14.2. The molecular weight excluding hydrogens is 401 g/mol. The average Bonchev–Trinajstić information content (AvgIpc) is 3.10. The van der Waals surface area contributed by atoms with E-state index in [0.717, 1.165) is 31.9 Å². The fourth-order valence-corrected chi connectivity index (χ4v) is 3.51. The van der Waals surface area contributed by atoms with Crippen LogP contribution in [0.25, 0.3) is 4.85 Å². The molecule has 2 N–H and O–H groups in total. The van der Waals surface area contributed by atoms with Gasteiger partial charge < -0.3 is 15.4 Å². The Morgan fingerprint density at radius 1 is 1.39 bits per heavy atom. The molecule has 1 aliphatic carbocycles. The van der Waals surface area contributed by atoms with Gasteiger partial charge >= 0.3 is 5.66 Å². The summed E-state index contributed by atoms with van der Waals surface area (Å²) < 4.78 is 21.4. The van der Waals surface area contributed by atoms with Gasteiger partial charge in [-0.2, -0.15) is 19.2 Å². The van der Waals surface area contributed by atoms with E-state index in [1.165, 1.54) is 6.92 Å². The molecular formula is C21H28FN7O2. The van der Waals surface area contributed by atoms with Gasteiger partial charge in [0, 0.05) is 26.8 Å². The SMILES string of the molecule is [C-]#[N+]C(C)(C)n1cc(Nc2ncc(F)c(OCC3CCC(NC(C)=O)CC3)n2)c(C)n1. The number of halogens is 1. The molecule has 2 heterocycles. The minimum Gasteiger partial charge on any atom is -0.475 e. The molecule has 1 saturated carbocycles. The molecule has 2 aromatic heterocycles. The van der Waals surface area contributed by atoms with Crippen LogP contribution >= 0.6 is 0 Å². The maximum atomic E-state index is 14.2. The average molecular weight is 430 g/mol. The number of carbonyl (C=O) groups excluding carboxylic acids is 1. The van der Waals surface area contributed by atoms with Gasteiger partial charge in [0.2, 0.25) is 17.7 Å². The highest BCUT2D eigenvalue weighted by atomic mass is 19.1. The topological polar surface area (TPSA) is 98.3 Å². The van der Waals surface area contributed by atoms with Crippen molar-refractivity contribution in [2.24, 2.45) is 5.92 Å². The monoisotopic (exact) mass is 429 g/mol. The van der Waals surface area contributed by atoms with Crippen LogP contribution in [0.4, 0.5) is 16.0 Å². The number of aryl methyl sites for hydroxylation is 1. The first-order valence-electron chi connectivity index (χ1n) is 10.3. The summed E-state index contributed by atoms with van der Waals surface area (Å²) in [5.41, 5.74) is 0.482. The number of aromatic nitrogens is 4. The van der Waals surface area contributed by atoms with Crippen molar-refractivity contribution in [3.05, 3.63) is 35.3 Å². The second kappa shape index (κ2) is 9.29. The third-order valence-electron chi connectivity index (χ3n) is 5.40. The van der Waals surface area contributed by atoms with Gasteiger partial charge in [-0.25, -0.2) is 11.6 Å². The van der Waals surface area contributed by atoms with Gasteiger partial charge in [-0.05, 0) is 38.5 Å². The molecule has 0 atom stereocenters. The molecule has 0 radical (unpaired) electrons. The molecule has 0 saturated heterocycles. The third kappa shape index (κ3) is 5.69. The molecule has 0 spiro atoms. The van der Waals surface area contributed by atoms with Crippen molar-refractivity contribution >= 4 is 17.5 Å². The van der Waals surface area contributed by atoms with Crippen molar-refractivity contribution in [3.63, 3.8) is 0 Å². The van der Waals surface area contributed by atoms with E-state index in [4.69, 9.17) is 11.3 Å². The lowest BCUT2D eigenvalue weighted by atomic mass is 9.86. The van der Waals surface area contributed by atoms with Crippen molar-refractivity contribution in [1.29, 1.82) is 0 Å². The Kier molecular flexibility index (Phi) is 6.73. The summed E-state index contributed by atoms with van der Waals surface area (Å²) in [5.74, 6) is -0.269. The van der Waals surface area contributed by atoms with Crippen molar-refractivity contribution in [2.75, 3.05) is 11.9 Å². The molecule has 2 aromatic rings. The molecule has 9 nitrogen and oxygen atoms in total. The minimum atomic E-state index is -0.818. The molecule has 0 aromatic carbocycles. The van der Waals surface area contributed by atoms with Crippen molar-refractivity contribution in [2.45, 2.75) is 65.1 Å². The molecule has 1 aliphatic rings. The smallest absolute Gasteiger partial charge is 0.319 e. The summed E-state index contributed by atoms with van der Waals surface area (Å²) in [7, 11) is 0. The first kappa shape index (κ1) is 22.5. The van der Waals surface area contributed by atoms with Crippen LogP contribution in [0, 0.1) is 25.2 Å². The highest BCUT2D eigenvalue weighted by molar-refractivity contribution is 5.73. The van der Waals surface area contributed by atoms with Crippen LogP contribution in [0.1, 0.15) is 52.1 Å². The molecule has 0 unspecified atom stereocenters. The number of carbonyl (C=O) groups is 1. The van der Waals surface area contributed by atoms with Crippen LogP contribution in [0.3, 0.4) is 0 Å². The first-order valence-corrected chi connectivity index (χ1v) is 10.3. The highest BCUT2D eigenvalue weighted by Crippen LogP contribution is 2.27. The molecule has 0 aliphatic heterocycles. The van der Waals surface area contributed by atoms with Crippen LogP contribution in [0.15, 0.2) is 12.4 Å². The van der Waals surface area contributed by atoms with Gasteiger partial charge in [-0.1, -0.05) is 0 Å². The molecule has 166 valence electrons. The van der Waals surface area contributed by atoms with Gasteiger partial charge in [0.1, 0.15) is 0 Å². The van der Waals surface area contributed by atoms with Gasteiger partial charge in [0.25, 0.3) is 5.88 Å². The maximum Gasteiger partial charge on any atom is 0.319 e. The van der Waals surface area contributed by atoms with Crippen LogP contribution in [0.5, 0.6) is 5.88 Å². The number of anilines is 2. The van der Waals surface area contributed by atoms with E-state index in [1.807, 2.05) is 0 Å². The number of rotatable bonds is 7. The summed E-state index contributed by atoms with van der Waals surface area (Å²) in [5, 5.41) is 10.3. The summed E-state index contributed by atoms with van der Waals surface area (Å²) in [6.45, 7) is 14.5. The van der Waals surface area contributed by atoms with E-state index in [-0.39, 0.29) is 29.7 Å². The van der Waals surface area contributed by atoms with Gasteiger partial charge in [-0.3, -0.25) is 9.64 Å². The zero-order chi connectivity index (χ0) is 22.6. The number of amides is 1. The van der Waals surface area contributed by atoms with Crippen molar-refractivity contribution < 1.29 is 13.9 Å². The van der Waals surface area contributed by atoms with E-state index in [1.54, 1.807) is 31.6 Å². The second-order valence-electron chi connectivity index (χ2n) is 8.38. The highest BCUT2D eigenvalue weighted by Gasteiger charge is 2.27. The molecule has 1 amide bonds. The molecule has 3 rings (SSSR count). The van der Waals surface area contributed by atoms with E-state index in [2.05, 4.69) is 30.5 Å². The standard InChI is InChI=1S/C21H28FN7O2/c1-13-18(11-29(28-13)21(3,4)23-5)26-20-24-10-17(22)19(27-20)31-12-15-6-8-16(9-7-15)25-14(2)30/h10-11,15-16H,6-9,12H2,1-4H3,(H,25,30)(H,24,26,27). The summed E-state index contributed by atoms with van der Waals surface area (Å²) in [6, 6.07) is 0.206. The molecule has 0 bridgehead atoms. The second-order valence-corrected chi connectivity index (χ2v) is 8.38. The molecule has 1 fully saturated rings. The van der Waals surface area contributed by atoms with E-state index < -0.39 is 11.5 Å².